The summed E-state index contributed by atoms with van der Waals surface area (Å²) in [6, 6.07) is -0.951. The molecule has 0 aliphatic rings. The molecule has 1 aromatic heterocycles. The van der Waals surface area contributed by atoms with E-state index in [-0.39, 0.29) is 6.42 Å². The number of carboxylic acids is 1. The minimum absolute atomic E-state index is 0.148. The summed E-state index contributed by atoms with van der Waals surface area (Å²) in [7, 11) is 1.71. The maximum Gasteiger partial charge on any atom is 0.320 e. The van der Waals surface area contributed by atoms with Crippen LogP contribution < -0.4 is 5.73 Å². The standard InChI is InChI=1S/C7H10ClN3O2/c1-11-3-4(8)6(10-11)2-5(9)7(12)13/h3,5H,2,9H2,1H3,(H,12,13). The predicted octanol–water partition coefficient (Wildman–Crippen LogP) is 0.0279. The van der Waals surface area contributed by atoms with Crippen molar-refractivity contribution < 1.29 is 9.90 Å². The number of carboxylic acid groups (broad SMARTS) is 1. The molecular weight excluding hydrogens is 194 g/mol. The van der Waals surface area contributed by atoms with Gasteiger partial charge in [-0.15, -0.1) is 0 Å². The van der Waals surface area contributed by atoms with E-state index in [1.165, 1.54) is 4.68 Å². The van der Waals surface area contributed by atoms with Crippen molar-refractivity contribution in [3.8, 4) is 0 Å². The quantitative estimate of drug-likeness (QED) is 0.726. The molecule has 1 rings (SSSR count). The molecule has 6 heteroatoms. The molecule has 3 N–H and O–H groups in total. The Morgan fingerprint density at radius 2 is 2.54 bits per heavy atom. The summed E-state index contributed by atoms with van der Waals surface area (Å²) in [6.07, 6.45) is 1.75. The molecule has 0 aliphatic heterocycles. The first kappa shape index (κ1) is 10.0. The monoisotopic (exact) mass is 203 g/mol. The fourth-order valence-electron chi connectivity index (χ4n) is 0.940. The molecule has 0 amide bonds. The van der Waals surface area contributed by atoms with E-state index in [0.717, 1.165) is 0 Å². The lowest BCUT2D eigenvalue weighted by Crippen LogP contribution is -2.32. The van der Waals surface area contributed by atoms with Crippen LogP contribution in [0.2, 0.25) is 5.02 Å². The number of halogens is 1. The number of hydrogen-bond donors (Lipinski definition) is 2. The van der Waals surface area contributed by atoms with Gasteiger partial charge >= 0.3 is 5.97 Å². The van der Waals surface area contributed by atoms with E-state index >= 15 is 0 Å². The van der Waals surface area contributed by atoms with Gasteiger partial charge in [-0.25, -0.2) is 0 Å². The van der Waals surface area contributed by atoms with Crippen molar-refractivity contribution in [2.75, 3.05) is 0 Å². The second-order valence-corrected chi connectivity index (χ2v) is 3.15. The van der Waals surface area contributed by atoms with Gasteiger partial charge in [-0.2, -0.15) is 5.10 Å². The zero-order valence-electron chi connectivity index (χ0n) is 7.07. The average molecular weight is 204 g/mol. The average Bonchev–Trinajstić information content (AvgIpc) is 2.30. The Morgan fingerprint density at radius 1 is 1.92 bits per heavy atom. The molecule has 1 atom stereocenters. The van der Waals surface area contributed by atoms with Crippen LogP contribution in [0.25, 0.3) is 0 Å². The molecule has 0 spiro atoms. The van der Waals surface area contributed by atoms with E-state index in [2.05, 4.69) is 5.10 Å². The van der Waals surface area contributed by atoms with Gasteiger partial charge in [-0.05, 0) is 0 Å². The number of rotatable bonds is 3. The van der Waals surface area contributed by atoms with Gasteiger partial charge in [-0.3, -0.25) is 9.48 Å². The highest BCUT2D eigenvalue weighted by Gasteiger charge is 2.16. The molecule has 72 valence electrons. The van der Waals surface area contributed by atoms with Crippen molar-refractivity contribution in [3.05, 3.63) is 16.9 Å². The smallest absolute Gasteiger partial charge is 0.320 e. The van der Waals surface area contributed by atoms with Crippen molar-refractivity contribution in [2.45, 2.75) is 12.5 Å². The van der Waals surface area contributed by atoms with Gasteiger partial charge in [0.1, 0.15) is 6.04 Å². The van der Waals surface area contributed by atoms with E-state index < -0.39 is 12.0 Å². The first-order valence-corrected chi connectivity index (χ1v) is 4.05. The number of aryl methyl sites for hydroxylation is 1. The number of hydrogen-bond acceptors (Lipinski definition) is 3. The Balaban J connectivity index is 2.74. The Hall–Kier alpha value is -1.07. The van der Waals surface area contributed by atoms with Gasteiger partial charge in [0.15, 0.2) is 0 Å². The highest BCUT2D eigenvalue weighted by Crippen LogP contribution is 2.14. The lowest BCUT2D eigenvalue weighted by molar-refractivity contribution is -0.138. The number of aliphatic carboxylic acids is 1. The summed E-state index contributed by atoms with van der Waals surface area (Å²) >= 11 is 5.76. The number of nitrogens with zero attached hydrogens (tertiary/aromatic N) is 2. The van der Waals surface area contributed by atoms with E-state index in [1.54, 1.807) is 13.2 Å². The maximum absolute atomic E-state index is 10.4. The van der Waals surface area contributed by atoms with Crippen molar-refractivity contribution in [2.24, 2.45) is 12.8 Å². The molecule has 1 unspecified atom stereocenters. The second kappa shape index (κ2) is 3.76. The predicted molar refractivity (Wildman–Crippen MR) is 47.5 cm³/mol. The lowest BCUT2D eigenvalue weighted by atomic mass is 10.2. The van der Waals surface area contributed by atoms with E-state index in [9.17, 15) is 4.79 Å². The summed E-state index contributed by atoms with van der Waals surface area (Å²) in [5, 5.41) is 13.0. The van der Waals surface area contributed by atoms with Gasteiger partial charge in [0.25, 0.3) is 0 Å². The Morgan fingerprint density at radius 3 is 2.92 bits per heavy atom. The zero-order chi connectivity index (χ0) is 10.0. The summed E-state index contributed by atoms with van der Waals surface area (Å²) in [5.41, 5.74) is 5.83. The molecule has 5 nitrogen and oxygen atoms in total. The van der Waals surface area contributed by atoms with Crippen LogP contribution in [0.3, 0.4) is 0 Å². The third-order valence-electron chi connectivity index (χ3n) is 1.58. The fourth-order valence-corrected chi connectivity index (χ4v) is 1.20. The van der Waals surface area contributed by atoms with E-state index in [1.807, 2.05) is 0 Å². The first-order chi connectivity index (χ1) is 6.00. The highest BCUT2D eigenvalue weighted by molar-refractivity contribution is 6.31. The third kappa shape index (κ3) is 2.43. The molecule has 1 aromatic rings. The molecular formula is C7H10ClN3O2. The lowest BCUT2D eigenvalue weighted by Gasteiger charge is -2.02. The second-order valence-electron chi connectivity index (χ2n) is 2.75. The number of carbonyl (C=O) groups is 1. The van der Waals surface area contributed by atoms with Crippen molar-refractivity contribution in [3.63, 3.8) is 0 Å². The number of aromatic nitrogens is 2. The Kier molecular flexibility index (Phi) is 2.90. The van der Waals surface area contributed by atoms with Crippen molar-refractivity contribution in [1.82, 2.24) is 9.78 Å². The van der Waals surface area contributed by atoms with Crippen LogP contribution in [0, 0.1) is 0 Å². The highest BCUT2D eigenvalue weighted by atomic mass is 35.5. The molecule has 0 aliphatic carbocycles. The number of nitrogens with two attached hydrogens (primary N) is 1. The van der Waals surface area contributed by atoms with Crippen LogP contribution in [0.1, 0.15) is 5.69 Å². The molecule has 1 heterocycles. The zero-order valence-corrected chi connectivity index (χ0v) is 7.82. The van der Waals surface area contributed by atoms with Crippen LogP contribution in [-0.4, -0.2) is 26.9 Å². The summed E-state index contributed by atoms with van der Waals surface area (Å²) < 4.78 is 1.52. The van der Waals surface area contributed by atoms with Crippen LogP contribution in [0.5, 0.6) is 0 Å². The molecule has 0 bridgehead atoms. The Bertz CT molecular complexity index is 324. The van der Waals surface area contributed by atoms with Crippen LogP contribution >= 0.6 is 11.6 Å². The maximum atomic E-state index is 10.4. The van der Waals surface area contributed by atoms with Crippen LogP contribution in [0.4, 0.5) is 0 Å². The molecule has 0 aromatic carbocycles. The van der Waals surface area contributed by atoms with Crippen LogP contribution in [0.15, 0.2) is 6.20 Å². The molecule has 0 saturated carbocycles. The Labute approximate surface area is 80.1 Å². The topological polar surface area (TPSA) is 81.1 Å². The molecule has 0 fully saturated rings. The van der Waals surface area contributed by atoms with Gasteiger partial charge in [0, 0.05) is 19.7 Å². The summed E-state index contributed by atoms with van der Waals surface area (Å²) in [4.78, 5) is 10.4. The molecule has 0 saturated heterocycles. The molecule has 13 heavy (non-hydrogen) atoms. The minimum Gasteiger partial charge on any atom is -0.480 e. The van der Waals surface area contributed by atoms with Crippen molar-refractivity contribution >= 4 is 17.6 Å². The summed E-state index contributed by atoms with van der Waals surface area (Å²) in [5.74, 6) is -1.05. The third-order valence-corrected chi connectivity index (χ3v) is 1.90. The molecule has 0 radical (unpaired) electrons. The van der Waals surface area contributed by atoms with Gasteiger partial charge in [0.2, 0.25) is 0 Å². The van der Waals surface area contributed by atoms with E-state index in [0.29, 0.717) is 10.7 Å². The summed E-state index contributed by atoms with van der Waals surface area (Å²) in [6.45, 7) is 0. The van der Waals surface area contributed by atoms with Crippen molar-refractivity contribution in [1.29, 1.82) is 0 Å². The first-order valence-electron chi connectivity index (χ1n) is 3.67. The minimum atomic E-state index is -1.05. The largest absolute Gasteiger partial charge is 0.480 e. The van der Waals surface area contributed by atoms with Crippen LogP contribution in [-0.2, 0) is 18.3 Å². The SMILES string of the molecule is Cn1cc(Cl)c(CC(N)C(=O)O)n1. The van der Waals surface area contributed by atoms with Gasteiger partial charge < -0.3 is 10.8 Å². The van der Waals surface area contributed by atoms with Gasteiger partial charge in [0.05, 0.1) is 10.7 Å². The fraction of sp³-hybridized carbons (Fsp3) is 0.429. The van der Waals surface area contributed by atoms with Gasteiger partial charge in [-0.1, -0.05) is 11.6 Å². The normalized spacial score (nSPS) is 12.8. The van der Waals surface area contributed by atoms with E-state index in [4.69, 9.17) is 22.4 Å².